The minimum Gasteiger partial charge on any atom is -0.478 e. The van der Waals surface area contributed by atoms with Gasteiger partial charge in [-0.3, -0.25) is 0 Å². The number of esters is 4. The number of carboxylic acid groups (broad SMARTS) is 2. The Kier molecular flexibility index (Phi) is 17.9. The largest absolute Gasteiger partial charge is 0.513 e. The molecule has 2 heterocycles. The number of hydrogen-bond donors (Lipinski definition) is 2. The van der Waals surface area contributed by atoms with Gasteiger partial charge in [-0.25, -0.2) is 38.4 Å². The van der Waals surface area contributed by atoms with Gasteiger partial charge in [0.05, 0.1) is 74.1 Å². The molecule has 0 bridgehead atoms. The summed E-state index contributed by atoms with van der Waals surface area (Å²) >= 11 is 0. The zero-order valence-corrected chi connectivity index (χ0v) is 37.3. The number of hydrogen-bond acceptors (Lipinski definition) is 18. The second kappa shape index (κ2) is 24.6. The van der Waals surface area contributed by atoms with E-state index in [1.54, 1.807) is 0 Å². The Labute approximate surface area is 399 Å². The van der Waals surface area contributed by atoms with Crippen molar-refractivity contribution < 1.29 is 95.9 Å². The molecule has 4 aromatic rings. The highest BCUT2D eigenvalue weighted by atomic mass is 16.7. The van der Waals surface area contributed by atoms with Gasteiger partial charge in [0.2, 0.25) is 0 Å². The van der Waals surface area contributed by atoms with Crippen molar-refractivity contribution in [3.63, 3.8) is 0 Å². The molecule has 366 valence electrons. The van der Waals surface area contributed by atoms with Gasteiger partial charge >= 0.3 is 48.1 Å². The van der Waals surface area contributed by atoms with E-state index in [0.717, 1.165) is 12.2 Å². The molecule has 6 rings (SSSR count). The summed E-state index contributed by atoms with van der Waals surface area (Å²) in [6.45, 7) is 6.83. The summed E-state index contributed by atoms with van der Waals surface area (Å²) in [4.78, 5) is 97.6. The summed E-state index contributed by atoms with van der Waals surface area (Å²) < 4.78 is 53.6. The molecule has 4 atom stereocenters. The number of unbranched alkanes of at least 4 members (excludes halogenated alkanes) is 2. The molecule has 2 saturated heterocycles. The Morgan fingerprint density at radius 1 is 0.486 bits per heavy atom. The lowest BCUT2D eigenvalue weighted by Gasteiger charge is -2.20. The third-order valence-electron chi connectivity index (χ3n) is 10.7. The van der Waals surface area contributed by atoms with Crippen LogP contribution in [-0.4, -0.2) is 110 Å². The zero-order valence-electron chi connectivity index (χ0n) is 37.3. The summed E-state index contributed by atoms with van der Waals surface area (Å²) in [5.74, 6) is -6.48. The lowest BCUT2D eigenvalue weighted by atomic mass is 9.84. The number of rotatable bonds is 22. The van der Waals surface area contributed by atoms with Crippen molar-refractivity contribution in [2.45, 2.75) is 49.7 Å². The second-order valence-corrected chi connectivity index (χ2v) is 15.3. The van der Waals surface area contributed by atoms with Gasteiger partial charge in [0.1, 0.15) is 23.0 Å². The van der Waals surface area contributed by atoms with Gasteiger partial charge in [-0.05, 0) is 122 Å². The number of carboxylic acids is 2. The number of fused-ring (bicyclic) bond motifs is 1. The monoisotopic (exact) mass is 966 g/mol. The number of aromatic carboxylic acids is 2. The lowest BCUT2D eigenvalue weighted by molar-refractivity contribution is -0.138. The smallest absolute Gasteiger partial charge is 0.478 e. The van der Waals surface area contributed by atoms with Crippen molar-refractivity contribution in [1.29, 1.82) is 0 Å². The quantitative estimate of drug-likeness (QED) is 0.0196. The Morgan fingerprint density at radius 3 is 1.17 bits per heavy atom. The fourth-order valence-corrected chi connectivity index (χ4v) is 7.33. The normalized spacial score (nSPS) is 16.6. The molecule has 0 spiro atoms. The van der Waals surface area contributed by atoms with Crippen molar-refractivity contribution >= 4 is 48.1 Å². The van der Waals surface area contributed by atoms with E-state index >= 15 is 0 Å². The predicted octanol–water partition coefficient (Wildman–Crippen LogP) is 7.24. The number of carbonyl (C=O) groups is 8. The molecule has 2 aliphatic heterocycles. The molecule has 0 unspecified atom stereocenters. The maximum Gasteiger partial charge on any atom is 0.513 e. The van der Waals surface area contributed by atoms with Crippen LogP contribution in [0.1, 0.15) is 90.1 Å². The van der Waals surface area contributed by atoms with Gasteiger partial charge in [-0.2, -0.15) is 0 Å². The molecule has 2 N–H and O–H groups in total. The molecule has 2 aliphatic rings. The summed E-state index contributed by atoms with van der Waals surface area (Å²) in [6.07, 6.45) is 0.313. The molecule has 2 fully saturated rings. The number of carbonyl (C=O) groups excluding carboxylic acids is 6. The van der Waals surface area contributed by atoms with E-state index in [1.807, 2.05) is 0 Å². The average molecular weight is 967 g/mol. The fourth-order valence-electron chi connectivity index (χ4n) is 7.33. The predicted molar refractivity (Wildman–Crippen MR) is 239 cm³/mol. The summed E-state index contributed by atoms with van der Waals surface area (Å²) in [5, 5.41) is 20.3. The Hall–Kier alpha value is -8.36. The minimum absolute atomic E-state index is 0.00692. The lowest BCUT2D eigenvalue weighted by Crippen LogP contribution is -2.26. The van der Waals surface area contributed by atoms with E-state index in [4.69, 9.17) is 47.4 Å². The van der Waals surface area contributed by atoms with Gasteiger partial charge in [0.25, 0.3) is 0 Å². The van der Waals surface area contributed by atoms with Crippen LogP contribution in [0.25, 0.3) is 0 Å². The van der Waals surface area contributed by atoms with E-state index in [-0.39, 0.29) is 96.0 Å². The van der Waals surface area contributed by atoms with E-state index < -0.39 is 72.2 Å². The van der Waals surface area contributed by atoms with Crippen LogP contribution in [0.4, 0.5) is 9.59 Å². The molecule has 70 heavy (non-hydrogen) atoms. The molecular formula is C50H46O20. The first-order valence-electron chi connectivity index (χ1n) is 21.6. The zero-order chi connectivity index (χ0) is 50.2. The fraction of sp³-hybridized carbons (Fsp3) is 0.280. The Bertz CT molecular complexity index is 2420. The second-order valence-electron chi connectivity index (χ2n) is 15.3. The molecule has 20 heteroatoms. The first kappa shape index (κ1) is 51.0. The summed E-state index contributed by atoms with van der Waals surface area (Å²) in [6, 6.07) is 18.8. The van der Waals surface area contributed by atoms with Crippen LogP contribution in [0.3, 0.4) is 0 Å². The van der Waals surface area contributed by atoms with Crippen molar-refractivity contribution in [3.8, 4) is 23.0 Å². The van der Waals surface area contributed by atoms with Gasteiger partial charge < -0.3 is 57.6 Å². The van der Waals surface area contributed by atoms with E-state index in [2.05, 4.69) is 13.2 Å². The maximum absolute atomic E-state index is 13.2. The number of ether oxygens (including phenoxy) is 10. The average Bonchev–Trinajstić information content (AvgIpc) is 3.97. The summed E-state index contributed by atoms with van der Waals surface area (Å²) in [5.41, 5.74) is 0.406. The molecule has 0 saturated carbocycles. The van der Waals surface area contributed by atoms with Crippen molar-refractivity contribution in [2.24, 2.45) is 0 Å². The van der Waals surface area contributed by atoms with Gasteiger partial charge in [0.15, 0.2) is 0 Å². The van der Waals surface area contributed by atoms with Crippen LogP contribution < -0.4 is 18.9 Å². The van der Waals surface area contributed by atoms with Crippen LogP contribution in [0.2, 0.25) is 0 Å². The topological polar surface area (TPSA) is 269 Å². The first-order chi connectivity index (χ1) is 33.7. The molecule has 20 nitrogen and oxygen atoms in total. The van der Waals surface area contributed by atoms with Crippen LogP contribution in [0.15, 0.2) is 110 Å². The highest BCUT2D eigenvalue weighted by molar-refractivity contribution is 5.94. The highest BCUT2D eigenvalue weighted by Crippen LogP contribution is 2.46. The SMILES string of the molecule is C=CC(=O)OCCCCOC(=O)Oc1ccc(C(=O)Oc2ccc(C(=O)O)c([C@H]3CO[C@H]4[C@@H]3OC[C@H]4c3cc(OC(=O)c4ccc(OC(=O)OCCCCOC(=O)C=C)cc4)ccc3C(=O)O)c2)cc1. The van der Waals surface area contributed by atoms with Crippen molar-refractivity contribution in [2.75, 3.05) is 39.6 Å². The molecule has 0 radical (unpaired) electrons. The Morgan fingerprint density at radius 2 is 0.829 bits per heavy atom. The minimum atomic E-state index is -1.27. The Balaban J connectivity index is 1.05. The molecule has 0 aromatic heterocycles. The molecular weight excluding hydrogens is 921 g/mol. The third-order valence-corrected chi connectivity index (χ3v) is 10.7. The van der Waals surface area contributed by atoms with E-state index in [9.17, 15) is 48.6 Å². The van der Waals surface area contributed by atoms with E-state index in [1.165, 1.54) is 84.9 Å². The molecule has 4 aromatic carbocycles. The highest BCUT2D eigenvalue weighted by Gasteiger charge is 2.50. The van der Waals surface area contributed by atoms with Crippen LogP contribution in [0, 0.1) is 0 Å². The maximum atomic E-state index is 13.2. The van der Waals surface area contributed by atoms with Crippen LogP contribution in [-0.2, 0) is 38.0 Å². The first-order valence-corrected chi connectivity index (χ1v) is 21.6. The molecule has 0 amide bonds. The molecule has 0 aliphatic carbocycles. The van der Waals surface area contributed by atoms with Gasteiger partial charge in [0, 0.05) is 24.0 Å². The van der Waals surface area contributed by atoms with Crippen molar-refractivity contribution in [1.82, 2.24) is 0 Å². The van der Waals surface area contributed by atoms with Gasteiger partial charge in [-0.15, -0.1) is 0 Å². The van der Waals surface area contributed by atoms with Gasteiger partial charge in [-0.1, -0.05) is 13.2 Å². The standard InChI is InChI=1S/C50H46O20/c1-3-41(51)61-21-5-7-23-63-49(59)69-31-13-9-29(10-14-31)47(57)67-33-17-19-35(45(53)54)37(25-33)39-27-65-44-40(28-66-43(39)44)38-26-34(18-20-36(38)46(55)56)68-48(58)30-11-15-32(16-12-30)70-50(60)64-24-8-6-22-62-42(52)4-2/h3-4,9-20,25-26,39-40,43-44H,1-2,5-8,21-24,27-28H2,(H,53,54)(H,55,56)/t39-,40+,43-,44-/m1/s1. The van der Waals surface area contributed by atoms with Crippen LogP contribution >= 0.6 is 0 Å². The summed E-state index contributed by atoms with van der Waals surface area (Å²) in [7, 11) is 0. The van der Waals surface area contributed by atoms with E-state index in [0.29, 0.717) is 25.7 Å². The van der Waals surface area contributed by atoms with Crippen molar-refractivity contribution in [3.05, 3.63) is 144 Å². The van der Waals surface area contributed by atoms with Crippen LogP contribution in [0.5, 0.6) is 23.0 Å². The number of benzene rings is 4. The third kappa shape index (κ3) is 13.9.